The number of amides is 1. The Morgan fingerprint density at radius 1 is 1.06 bits per heavy atom. The van der Waals surface area contributed by atoms with E-state index in [4.69, 9.17) is 4.74 Å². The van der Waals surface area contributed by atoms with Crippen LogP contribution in [0.25, 0.3) is 0 Å². The molecule has 0 radical (unpaired) electrons. The van der Waals surface area contributed by atoms with Crippen LogP contribution in [0.1, 0.15) is 16.1 Å². The summed E-state index contributed by atoms with van der Waals surface area (Å²) in [6, 6.07) is 16.3. The summed E-state index contributed by atoms with van der Waals surface area (Å²) in [6.45, 7) is -0.0644. The van der Waals surface area contributed by atoms with Crippen molar-refractivity contribution in [3.05, 3.63) is 77.6 Å². The second-order valence-corrected chi connectivity index (χ2v) is 7.17. The van der Waals surface area contributed by atoms with Crippen molar-refractivity contribution in [1.82, 2.24) is 25.2 Å². The average Bonchev–Trinajstić information content (AvgIpc) is 3.45. The van der Waals surface area contributed by atoms with Crippen molar-refractivity contribution in [2.24, 2.45) is 0 Å². The second-order valence-electron chi connectivity index (χ2n) is 6.31. The molecular formula is C20H17N7O3S. The number of rotatable bonds is 8. The maximum absolute atomic E-state index is 12.6. The number of carbonyl (C=O) groups is 2. The van der Waals surface area contributed by atoms with Gasteiger partial charge in [0.15, 0.2) is 5.13 Å². The van der Waals surface area contributed by atoms with Crippen LogP contribution in [0.5, 0.6) is 0 Å². The first-order valence-corrected chi connectivity index (χ1v) is 10.1. The topological polar surface area (TPSA) is 124 Å². The van der Waals surface area contributed by atoms with Gasteiger partial charge in [0, 0.05) is 11.1 Å². The lowest BCUT2D eigenvalue weighted by atomic mass is 10.2. The quantitative estimate of drug-likeness (QED) is 0.405. The molecule has 10 nitrogen and oxygen atoms in total. The summed E-state index contributed by atoms with van der Waals surface area (Å²) in [5, 5.41) is 19.0. The lowest BCUT2D eigenvalue weighted by Gasteiger charge is -2.10. The number of tetrazole rings is 1. The van der Waals surface area contributed by atoms with Crippen LogP contribution in [-0.2, 0) is 22.7 Å². The van der Waals surface area contributed by atoms with Gasteiger partial charge in [0.25, 0.3) is 0 Å². The van der Waals surface area contributed by atoms with Crippen molar-refractivity contribution >= 4 is 39.7 Å². The monoisotopic (exact) mass is 435 g/mol. The Bertz CT molecular complexity index is 1160. The standard InChI is InChI=1S/C20H17N7O3S/c28-18(10-27-13-21-25-26-27)24-17-9-5-4-8-16(17)19(29)30-11-15-12-31-20(23-15)22-14-6-2-1-3-7-14/h1-9,12-13H,10-11H2,(H,22,23)(H,24,28). The average molecular weight is 435 g/mol. The number of thiazole rings is 1. The minimum Gasteiger partial charge on any atom is -0.455 e. The highest BCUT2D eigenvalue weighted by Crippen LogP contribution is 2.22. The third-order valence-corrected chi connectivity index (χ3v) is 4.85. The van der Waals surface area contributed by atoms with Gasteiger partial charge >= 0.3 is 5.97 Å². The van der Waals surface area contributed by atoms with Crippen molar-refractivity contribution < 1.29 is 14.3 Å². The minimum atomic E-state index is -0.566. The summed E-state index contributed by atoms with van der Waals surface area (Å²) < 4.78 is 6.67. The number of hydrogen-bond acceptors (Lipinski definition) is 9. The predicted molar refractivity (Wildman–Crippen MR) is 114 cm³/mol. The smallest absolute Gasteiger partial charge is 0.340 e. The number of aromatic nitrogens is 5. The van der Waals surface area contributed by atoms with E-state index in [2.05, 4.69) is 31.1 Å². The van der Waals surface area contributed by atoms with E-state index < -0.39 is 5.97 Å². The molecular weight excluding hydrogens is 418 g/mol. The number of para-hydroxylation sites is 2. The summed E-state index contributed by atoms with van der Waals surface area (Å²) in [5.41, 5.74) is 2.13. The molecule has 11 heteroatoms. The molecule has 0 aliphatic carbocycles. The lowest BCUT2D eigenvalue weighted by Crippen LogP contribution is -2.21. The SMILES string of the molecule is O=C(Cn1cnnn1)Nc1ccccc1C(=O)OCc1csc(Nc2ccccc2)n1. The first kappa shape index (κ1) is 20.2. The highest BCUT2D eigenvalue weighted by atomic mass is 32.1. The maximum Gasteiger partial charge on any atom is 0.340 e. The van der Waals surface area contributed by atoms with Crippen LogP contribution in [0.2, 0.25) is 0 Å². The molecule has 4 rings (SSSR count). The maximum atomic E-state index is 12.6. The molecule has 0 atom stereocenters. The van der Waals surface area contributed by atoms with Gasteiger partial charge in [-0.3, -0.25) is 4.79 Å². The van der Waals surface area contributed by atoms with Gasteiger partial charge < -0.3 is 15.4 Å². The molecule has 2 heterocycles. The molecule has 31 heavy (non-hydrogen) atoms. The number of benzene rings is 2. The summed E-state index contributed by atoms with van der Waals surface area (Å²) in [5.74, 6) is -0.937. The lowest BCUT2D eigenvalue weighted by molar-refractivity contribution is -0.116. The van der Waals surface area contributed by atoms with E-state index in [1.165, 1.54) is 22.3 Å². The van der Waals surface area contributed by atoms with E-state index in [9.17, 15) is 9.59 Å². The fourth-order valence-corrected chi connectivity index (χ4v) is 3.37. The largest absolute Gasteiger partial charge is 0.455 e. The Morgan fingerprint density at radius 3 is 2.68 bits per heavy atom. The Labute approximate surface area is 180 Å². The van der Waals surface area contributed by atoms with Gasteiger partial charge in [-0.2, -0.15) is 0 Å². The van der Waals surface area contributed by atoms with Gasteiger partial charge in [0.05, 0.1) is 16.9 Å². The molecule has 0 spiro atoms. The van der Waals surface area contributed by atoms with Crippen molar-refractivity contribution in [3.8, 4) is 0 Å². The van der Waals surface area contributed by atoms with E-state index in [1.807, 2.05) is 35.7 Å². The van der Waals surface area contributed by atoms with Crippen LogP contribution in [0.15, 0.2) is 66.3 Å². The van der Waals surface area contributed by atoms with Crippen molar-refractivity contribution in [2.45, 2.75) is 13.2 Å². The Morgan fingerprint density at radius 2 is 1.87 bits per heavy atom. The molecule has 0 fully saturated rings. The van der Waals surface area contributed by atoms with Gasteiger partial charge in [0.1, 0.15) is 19.5 Å². The van der Waals surface area contributed by atoms with Crippen LogP contribution < -0.4 is 10.6 Å². The van der Waals surface area contributed by atoms with Crippen LogP contribution in [0.4, 0.5) is 16.5 Å². The Balaban J connectivity index is 1.35. The summed E-state index contributed by atoms with van der Waals surface area (Å²) in [4.78, 5) is 29.2. The zero-order valence-corrected chi connectivity index (χ0v) is 17.0. The van der Waals surface area contributed by atoms with Crippen LogP contribution >= 0.6 is 11.3 Å². The fraction of sp³-hybridized carbons (Fsp3) is 0.100. The number of carbonyl (C=O) groups excluding carboxylic acids is 2. The van der Waals surface area contributed by atoms with Gasteiger partial charge in [-0.15, -0.1) is 16.4 Å². The first-order valence-electron chi connectivity index (χ1n) is 9.20. The highest BCUT2D eigenvalue weighted by Gasteiger charge is 2.16. The number of nitrogens with one attached hydrogen (secondary N) is 2. The minimum absolute atomic E-state index is 0.0126. The Kier molecular flexibility index (Phi) is 6.24. The van der Waals surface area contributed by atoms with Gasteiger partial charge in [-0.1, -0.05) is 30.3 Å². The second kappa shape index (κ2) is 9.59. The predicted octanol–water partition coefficient (Wildman–Crippen LogP) is 2.87. The summed E-state index contributed by atoms with van der Waals surface area (Å²) in [6.07, 6.45) is 1.33. The molecule has 1 amide bonds. The molecule has 0 saturated heterocycles. The molecule has 0 saturated carbocycles. The van der Waals surface area contributed by atoms with Crippen molar-refractivity contribution in [2.75, 3.05) is 10.6 Å². The normalized spacial score (nSPS) is 10.5. The molecule has 2 aromatic heterocycles. The van der Waals surface area contributed by atoms with Gasteiger partial charge in [-0.25, -0.2) is 14.5 Å². The van der Waals surface area contributed by atoms with Crippen molar-refractivity contribution in [3.63, 3.8) is 0 Å². The number of ether oxygens (including phenoxy) is 1. The van der Waals surface area contributed by atoms with Gasteiger partial charge in [-0.05, 0) is 34.7 Å². The molecule has 0 bridgehead atoms. The fourth-order valence-electron chi connectivity index (χ4n) is 2.65. The van der Waals surface area contributed by atoms with Crippen molar-refractivity contribution in [1.29, 1.82) is 0 Å². The third-order valence-electron chi connectivity index (χ3n) is 4.05. The van der Waals surface area contributed by atoms with E-state index in [1.54, 1.807) is 24.3 Å². The molecule has 0 unspecified atom stereocenters. The van der Waals surface area contributed by atoms with Gasteiger partial charge in [0.2, 0.25) is 5.91 Å². The Hall–Kier alpha value is -4.12. The van der Waals surface area contributed by atoms with Crippen LogP contribution in [-0.4, -0.2) is 37.1 Å². The zero-order chi connectivity index (χ0) is 21.5. The molecule has 0 aliphatic heterocycles. The highest BCUT2D eigenvalue weighted by molar-refractivity contribution is 7.13. The molecule has 156 valence electrons. The number of hydrogen-bond donors (Lipinski definition) is 2. The van der Waals surface area contributed by atoms with E-state index in [-0.39, 0.29) is 24.6 Å². The third kappa shape index (κ3) is 5.48. The van der Waals surface area contributed by atoms with Crippen LogP contribution in [0.3, 0.4) is 0 Å². The zero-order valence-electron chi connectivity index (χ0n) is 16.1. The number of anilines is 3. The van der Waals surface area contributed by atoms with E-state index >= 15 is 0 Å². The molecule has 2 aromatic carbocycles. The summed E-state index contributed by atoms with van der Waals surface area (Å²) >= 11 is 1.42. The molecule has 4 aromatic rings. The number of nitrogens with zero attached hydrogens (tertiary/aromatic N) is 5. The molecule has 2 N–H and O–H groups in total. The van der Waals surface area contributed by atoms with E-state index in [0.717, 1.165) is 5.69 Å². The summed E-state index contributed by atoms with van der Waals surface area (Å²) in [7, 11) is 0. The number of esters is 1. The van der Waals surface area contributed by atoms with E-state index in [0.29, 0.717) is 16.5 Å². The van der Waals surface area contributed by atoms with Crippen LogP contribution in [0, 0.1) is 0 Å². The first-order chi connectivity index (χ1) is 15.2. The molecule has 0 aliphatic rings.